The molecule has 0 aliphatic rings. The zero-order valence-corrected chi connectivity index (χ0v) is 12.2. The average Bonchev–Trinajstić information content (AvgIpc) is 2.73. The van der Waals surface area contributed by atoms with Crippen molar-refractivity contribution in [2.75, 3.05) is 20.1 Å². The minimum atomic E-state index is 0.590. The summed E-state index contributed by atoms with van der Waals surface area (Å²) in [5, 5.41) is 7.81. The molecule has 0 aliphatic heterocycles. The van der Waals surface area contributed by atoms with Gasteiger partial charge in [-0.1, -0.05) is 0 Å². The Bertz CT molecular complexity index is 532. The molecule has 5 heteroatoms. The number of hydrogen-bond acceptors (Lipinski definition) is 4. The van der Waals surface area contributed by atoms with E-state index in [1.807, 2.05) is 29.9 Å². The van der Waals surface area contributed by atoms with Crippen LogP contribution in [0.3, 0.4) is 0 Å². The van der Waals surface area contributed by atoms with Crippen LogP contribution < -0.4 is 5.32 Å². The molecule has 2 rings (SSSR count). The van der Waals surface area contributed by atoms with Crippen LogP contribution in [-0.4, -0.2) is 45.7 Å². The van der Waals surface area contributed by atoms with Crippen molar-refractivity contribution in [2.24, 2.45) is 0 Å². The van der Waals surface area contributed by atoms with Crippen molar-refractivity contribution in [2.45, 2.75) is 33.4 Å². The Kier molecular flexibility index (Phi) is 4.50. The van der Waals surface area contributed by atoms with Crippen LogP contribution in [0.1, 0.15) is 25.1 Å². The van der Waals surface area contributed by atoms with Gasteiger partial charge in [0, 0.05) is 49.7 Å². The van der Waals surface area contributed by atoms with E-state index in [0.29, 0.717) is 6.04 Å². The first-order valence-electron chi connectivity index (χ1n) is 6.78. The molecule has 0 spiro atoms. The fourth-order valence-electron chi connectivity index (χ4n) is 1.87. The summed E-state index contributed by atoms with van der Waals surface area (Å²) in [5.41, 5.74) is 3.06. The van der Waals surface area contributed by atoms with Crippen molar-refractivity contribution >= 4 is 5.65 Å². The first kappa shape index (κ1) is 14.0. The maximum atomic E-state index is 4.39. The van der Waals surface area contributed by atoms with Crippen LogP contribution in [0.5, 0.6) is 0 Å². The van der Waals surface area contributed by atoms with Gasteiger partial charge in [0.05, 0.1) is 5.69 Å². The predicted molar refractivity (Wildman–Crippen MR) is 77.2 cm³/mol. The highest BCUT2D eigenvalue weighted by Crippen LogP contribution is 2.04. The van der Waals surface area contributed by atoms with Crippen LogP contribution in [-0.2, 0) is 6.54 Å². The second-order valence-electron chi connectivity index (χ2n) is 5.30. The van der Waals surface area contributed by atoms with Crippen LogP contribution in [0.25, 0.3) is 5.65 Å². The molecule has 0 saturated carbocycles. The minimum Gasteiger partial charge on any atom is -0.311 e. The highest BCUT2D eigenvalue weighted by atomic mass is 15.2. The molecule has 0 amide bonds. The Morgan fingerprint density at radius 2 is 2.21 bits per heavy atom. The highest BCUT2D eigenvalue weighted by molar-refractivity contribution is 5.38. The van der Waals surface area contributed by atoms with Gasteiger partial charge < -0.3 is 10.2 Å². The number of fused-ring (bicyclic) bond motifs is 1. The molecule has 0 bridgehead atoms. The lowest BCUT2D eigenvalue weighted by Gasteiger charge is -2.20. The number of likely N-dealkylation sites (N-methyl/N-ethyl adjacent to an activating group) is 1. The van der Waals surface area contributed by atoms with Crippen molar-refractivity contribution in [3.05, 3.63) is 29.7 Å². The quantitative estimate of drug-likeness (QED) is 0.800. The summed E-state index contributed by atoms with van der Waals surface area (Å²) in [4.78, 5) is 6.72. The van der Waals surface area contributed by atoms with E-state index in [0.717, 1.165) is 36.5 Å². The molecular weight excluding hydrogens is 238 g/mol. The van der Waals surface area contributed by atoms with E-state index in [9.17, 15) is 0 Å². The van der Waals surface area contributed by atoms with Crippen LogP contribution in [0.2, 0.25) is 0 Å². The summed E-state index contributed by atoms with van der Waals surface area (Å²) in [6.07, 6.45) is 3.95. The molecule has 0 atom stereocenters. The van der Waals surface area contributed by atoms with E-state index in [2.05, 4.69) is 41.2 Å². The third kappa shape index (κ3) is 3.75. The molecule has 19 heavy (non-hydrogen) atoms. The van der Waals surface area contributed by atoms with E-state index in [1.54, 1.807) is 0 Å². The molecule has 0 radical (unpaired) electrons. The zero-order valence-electron chi connectivity index (χ0n) is 12.2. The van der Waals surface area contributed by atoms with E-state index >= 15 is 0 Å². The van der Waals surface area contributed by atoms with Crippen LogP contribution in [0.4, 0.5) is 0 Å². The Morgan fingerprint density at radius 3 is 2.95 bits per heavy atom. The van der Waals surface area contributed by atoms with Crippen LogP contribution >= 0.6 is 0 Å². The van der Waals surface area contributed by atoms with Gasteiger partial charge in [-0.2, -0.15) is 5.10 Å². The normalized spacial score (nSPS) is 11.9. The molecule has 0 fully saturated rings. The molecule has 0 aromatic carbocycles. The maximum Gasteiger partial charge on any atom is 0.155 e. The summed E-state index contributed by atoms with van der Waals surface area (Å²) in [7, 11) is 2.15. The topological polar surface area (TPSA) is 45.5 Å². The first-order chi connectivity index (χ1) is 9.06. The van der Waals surface area contributed by atoms with Crippen molar-refractivity contribution < 1.29 is 0 Å². The number of nitrogens with zero attached hydrogens (tertiary/aromatic N) is 4. The molecule has 0 aliphatic carbocycles. The molecular formula is C14H23N5. The van der Waals surface area contributed by atoms with E-state index in [-0.39, 0.29) is 0 Å². The van der Waals surface area contributed by atoms with Gasteiger partial charge in [0.1, 0.15) is 0 Å². The van der Waals surface area contributed by atoms with E-state index < -0.39 is 0 Å². The van der Waals surface area contributed by atoms with Gasteiger partial charge in [-0.25, -0.2) is 9.50 Å². The molecule has 2 aromatic rings. The fourth-order valence-corrected chi connectivity index (χ4v) is 1.87. The van der Waals surface area contributed by atoms with Crippen LogP contribution in [0, 0.1) is 6.92 Å². The molecule has 104 valence electrons. The Morgan fingerprint density at radius 1 is 1.42 bits per heavy atom. The Balaban J connectivity index is 1.84. The molecule has 2 heterocycles. The van der Waals surface area contributed by atoms with Crippen LogP contribution in [0.15, 0.2) is 18.5 Å². The summed E-state index contributed by atoms with van der Waals surface area (Å²) >= 11 is 0. The number of nitrogens with one attached hydrogen (secondary N) is 1. The summed E-state index contributed by atoms with van der Waals surface area (Å²) in [6, 6.07) is 2.57. The Hall–Kier alpha value is -1.46. The summed E-state index contributed by atoms with van der Waals surface area (Å²) in [6.45, 7) is 9.25. The molecule has 0 unspecified atom stereocenters. The van der Waals surface area contributed by atoms with Gasteiger partial charge in [0.2, 0.25) is 0 Å². The highest BCUT2D eigenvalue weighted by Gasteiger charge is 2.03. The van der Waals surface area contributed by atoms with E-state index in [4.69, 9.17) is 0 Å². The third-order valence-electron chi connectivity index (χ3n) is 3.34. The zero-order chi connectivity index (χ0) is 13.8. The SMILES string of the molecule is Cc1cc2ncc(CNCCN(C)C(C)C)cn2n1. The Labute approximate surface area is 114 Å². The maximum absolute atomic E-state index is 4.39. The number of rotatable bonds is 6. The molecule has 0 saturated heterocycles. The number of aromatic nitrogens is 3. The summed E-state index contributed by atoms with van der Waals surface area (Å²) in [5.74, 6) is 0. The lowest BCUT2D eigenvalue weighted by molar-refractivity contribution is 0.273. The van der Waals surface area contributed by atoms with Crippen molar-refractivity contribution in [1.29, 1.82) is 0 Å². The van der Waals surface area contributed by atoms with Gasteiger partial charge in [-0.15, -0.1) is 0 Å². The monoisotopic (exact) mass is 261 g/mol. The standard InChI is InChI=1S/C14H23N5/c1-11(2)18(4)6-5-15-8-13-9-16-14-7-12(3)17-19(14)10-13/h7,9-11,15H,5-6,8H2,1-4H3. The molecule has 5 nitrogen and oxygen atoms in total. The second-order valence-corrected chi connectivity index (χ2v) is 5.30. The predicted octanol–water partition coefficient (Wildman–Crippen LogP) is 1.47. The van der Waals surface area contributed by atoms with Gasteiger partial charge in [-0.3, -0.25) is 0 Å². The minimum absolute atomic E-state index is 0.590. The number of aryl methyl sites for hydroxylation is 1. The van der Waals surface area contributed by atoms with Gasteiger partial charge in [-0.05, 0) is 27.8 Å². The van der Waals surface area contributed by atoms with Gasteiger partial charge in [0.25, 0.3) is 0 Å². The van der Waals surface area contributed by atoms with E-state index in [1.165, 1.54) is 0 Å². The molecule has 2 aromatic heterocycles. The molecule has 1 N–H and O–H groups in total. The fraction of sp³-hybridized carbons (Fsp3) is 0.571. The number of hydrogen-bond donors (Lipinski definition) is 1. The van der Waals surface area contributed by atoms with Crippen molar-refractivity contribution in [1.82, 2.24) is 24.8 Å². The second kappa shape index (κ2) is 6.12. The largest absolute Gasteiger partial charge is 0.311 e. The summed E-state index contributed by atoms with van der Waals surface area (Å²) < 4.78 is 1.84. The van der Waals surface area contributed by atoms with Crippen molar-refractivity contribution in [3.63, 3.8) is 0 Å². The first-order valence-corrected chi connectivity index (χ1v) is 6.78. The third-order valence-corrected chi connectivity index (χ3v) is 3.34. The smallest absolute Gasteiger partial charge is 0.155 e. The lowest BCUT2D eigenvalue weighted by Crippen LogP contribution is -2.33. The van der Waals surface area contributed by atoms with Crippen molar-refractivity contribution in [3.8, 4) is 0 Å². The van der Waals surface area contributed by atoms with Gasteiger partial charge in [0.15, 0.2) is 5.65 Å². The van der Waals surface area contributed by atoms with Gasteiger partial charge >= 0.3 is 0 Å². The average molecular weight is 261 g/mol. The lowest BCUT2D eigenvalue weighted by atomic mass is 10.3.